The van der Waals surface area contributed by atoms with Gasteiger partial charge >= 0.3 is 0 Å². The van der Waals surface area contributed by atoms with Crippen LogP contribution in [0.1, 0.15) is 23.2 Å². The third-order valence-corrected chi connectivity index (χ3v) is 14.3. The lowest BCUT2D eigenvalue weighted by Crippen LogP contribution is -2.27. The Morgan fingerprint density at radius 1 is 0.512 bits per heavy atom. The van der Waals surface area contributed by atoms with E-state index in [1.54, 1.807) is 97.6 Å². The van der Waals surface area contributed by atoms with Crippen molar-refractivity contribution in [2.75, 3.05) is 23.8 Å². The van der Waals surface area contributed by atoms with Gasteiger partial charge in [0.25, 0.3) is 31.4 Å². The minimum Gasteiger partial charge on any atom is -0.394 e. The molecule has 0 fully saturated rings. The number of hydrogen-bond acceptors (Lipinski definition) is 14. The van der Waals surface area contributed by atoms with E-state index in [4.69, 9.17) is 32.3 Å². The molecule has 82 heavy (non-hydrogen) atoms. The number of rotatable bonds is 14. The molecule has 20 nitrogen and oxygen atoms in total. The average molecular weight is 1200 g/mol. The van der Waals surface area contributed by atoms with Crippen LogP contribution in [-0.4, -0.2) is 87.6 Å². The van der Waals surface area contributed by atoms with E-state index in [9.17, 15) is 45.4 Å². The minimum absolute atomic E-state index is 0.0216. The maximum absolute atomic E-state index is 13.9. The molecule has 2 atom stereocenters. The molecule has 0 amide bonds. The minimum atomic E-state index is -4.00. The van der Waals surface area contributed by atoms with Gasteiger partial charge < -0.3 is 39.1 Å². The molecule has 26 heteroatoms. The first-order chi connectivity index (χ1) is 39.1. The van der Waals surface area contributed by atoms with E-state index < -0.39 is 44.0 Å². The van der Waals surface area contributed by atoms with Crippen molar-refractivity contribution in [2.45, 2.75) is 21.9 Å². The number of aryl methyl sites for hydroxylation is 2. The predicted octanol–water partition coefficient (Wildman–Crippen LogP) is 9.39. The second kappa shape index (κ2) is 27.6. The van der Waals surface area contributed by atoms with Crippen molar-refractivity contribution in [3.63, 3.8) is 0 Å². The summed E-state index contributed by atoms with van der Waals surface area (Å²) >= 11 is 11.5. The van der Waals surface area contributed by atoms with Crippen molar-refractivity contribution in [1.82, 2.24) is 38.2 Å². The van der Waals surface area contributed by atoms with Gasteiger partial charge in [-0.05, 0) is 108 Å². The average Bonchev–Trinajstić information content (AvgIpc) is 4.16. The van der Waals surface area contributed by atoms with Gasteiger partial charge in [0.05, 0.1) is 56.5 Å². The summed E-state index contributed by atoms with van der Waals surface area (Å²) in [6, 6.07) is 39.0. The number of hydrogen-bond donors (Lipinski definition) is 6. The Morgan fingerprint density at radius 2 is 0.890 bits per heavy atom. The summed E-state index contributed by atoms with van der Waals surface area (Å²) in [5, 5.41) is 25.9. The molecule has 0 aliphatic carbocycles. The highest BCUT2D eigenvalue weighted by Gasteiger charge is 2.19. The van der Waals surface area contributed by atoms with E-state index in [1.807, 2.05) is 59.9 Å². The maximum Gasteiger partial charge on any atom is 0.294 e. The van der Waals surface area contributed by atoms with E-state index in [1.165, 1.54) is 69.8 Å². The van der Waals surface area contributed by atoms with Crippen LogP contribution in [0.4, 0.5) is 32.3 Å². The molecule has 10 rings (SSSR count). The highest BCUT2D eigenvalue weighted by molar-refractivity contribution is 7.86. The normalized spacial score (nSPS) is 11.8. The van der Waals surface area contributed by atoms with E-state index in [0.29, 0.717) is 45.5 Å². The number of nitrogens with zero attached hydrogens (tertiary/aromatic N) is 8. The Morgan fingerprint density at radius 3 is 1.18 bits per heavy atom. The number of aliphatic hydroxyl groups excluding tert-OH is 2. The smallest absolute Gasteiger partial charge is 0.294 e. The number of nitrogens with one attached hydrogen (secondary N) is 2. The van der Waals surface area contributed by atoms with Gasteiger partial charge in [0.1, 0.15) is 23.3 Å². The lowest BCUT2D eigenvalue weighted by molar-refractivity contribution is 0.246. The summed E-state index contributed by atoms with van der Waals surface area (Å²) in [5.41, 5.74) is 2.48. The number of anilines is 4. The Labute approximate surface area is 478 Å². The molecule has 0 radical (unpaired) electrons. The number of aromatic nitrogens is 8. The molecule has 0 bridgehead atoms. The number of aliphatic hydroxyl groups is 2. The molecule has 6 aromatic heterocycles. The second-order valence-corrected chi connectivity index (χ2v) is 21.1. The van der Waals surface area contributed by atoms with Gasteiger partial charge in [0, 0.05) is 74.5 Å². The zero-order chi connectivity index (χ0) is 59.1. The summed E-state index contributed by atoms with van der Waals surface area (Å²) in [7, 11) is -4.21. The van der Waals surface area contributed by atoms with Crippen LogP contribution in [0.15, 0.2) is 214 Å². The molecule has 4 aromatic carbocycles. The molecule has 10 aromatic rings. The van der Waals surface area contributed by atoms with E-state index in [2.05, 4.69) is 30.6 Å². The van der Waals surface area contributed by atoms with E-state index >= 15 is 0 Å². The molecule has 0 aliphatic heterocycles. The van der Waals surface area contributed by atoms with Gasteiger partial charge in [-0.1, -0.05) is 71.7 Å². The van der Waals surface area contributed by atoms with Gasteiger partial charge in [-0.25, -0.2) is 28.7 Å². The summed E-state index contributed by atoms with van der Waals surface area (Å²) in [4.78, 5) is 42.8. The molecular formula is C56H50Cl2F2N10O10S2. The quantitative estimate of drug-likeness (QED) is 0.0553. The Hall–Kier alpha value is -8.72. The molecular weight excluding hydrogens is 1150 g/mol. The summed E-state index contributed by atoms with van der Waals surface area (Å²) in [5.74, 6) is 1.23. The molecule has 6 N–H and O–H groups in total. The fourth-order valence-corrected chi connectivity index (χ4v) is 8.95. The van der Waals surface area contributed by atoms with Gasteiger partial charge in [0.15, 0.2) is 0 Å². The van der Waals surface area contributed by atoms with Crippen molar-refractivity contribution in [2.24, 2.45) is 14.1 Å². The molecule has 0 unspecified atom stereocenters. The van der Waals surface area contributed by atoms with Crippen LogP contribution in [0.25, 0.3) is 22.5 Å². The van der Waals surface area contributed by atoms with Crippen molar-refractivity contribution < 1.29 is 44.9 Å². The third-order valence-electron chi connectivity index (χ3n) is 11.9. The first-order valence-corrected chi connectivity index (χ1v) is 27.8. The van der Waals surface area contributed by atoms with Crippen molar-refractivity contribution >= 4 is 67.0 Å². The van der Waals surface area contributed by atoms with Gasteiger partial charge in [-0.3, -0.25) is 18.7 Å². The largest absolute Gasteiger partial charge is 0.394 e. The van der Waals surface area contributed by atoms with Crippen molar-refractivity contribution in [3.8, 4) is 22.5 Å². The third kappa shape index (κ3) is 16.2. The van der Waals surface area contributed by atoms with Crippen molar-refractivity contribution in [3.05, 3.63) is 248 Å². The number of benzene rings is 4. The first-order valence-electron chi connectivity index (χ1n) is 24.2. The Bertz CT molecular complexity index is 3890. The molecule has 0 aliphatic rings. The fraction of sp³-hybridized carbons (Fsp3) is 0.107. The van der Waals surface area contributed by atoms with Crippen LogP contribution in [0.2, 0.25) is 10.0 Å². The zero-order valence-electron chi connectivity index (χ0n) is 43.2. The molecule has 0 saturated carbocycles. The zero-order valence-corrected chi connectivity index (χ0v) is 46.3. The summed E-state index contributed by atoms with van der Waals surface area (Å²) in [6.45, 7) is -0.753. The Balaban J connectivity index is 0.000000177. The van der Waals surface area contributed by atoms with Crippen LogP contribution in [0.3, 0.4) is 0 Å². The maximum atomic E-state index is 13.9. The Kier molecular flexibility index (Phi) is 20.5. The van der Waals surface area contributed by atoms with Crippen LogP contribution < -0.4 is 21.8 Å². The van der Waals surface area contributed by atoms with Crippen LogP contribution in [-0.2, 0) is 34.3 Å². The second-order valence-electron chi connectivity index (χ2n) is 17.4. The number of halogens is 4. The highest BCUT2D eigenvalue weighted by atomic mass is 35.5. The van der Waals surface area contributed by atoms with Crippen LogP contribution in [0.5, 0.6) is 0 Å². The fourth-order valence-electron chi connectivity index (χ4n) is 7.72. The molecule has 0 spiro atoms. The summed E-state index contributed by atoms with van der Waals surface area (Å²) < 4.78 is 92.7. The van der Waals surface area contributed by atoms with Crippen LogP contribution >= 0.6 is 23.2 Å². The van der Waals surface area contributed by atoms with Crippen molar-refractivity contribution in [1.29, 1.82) is 0 Å². The summed E-state index contributed by atoms with van der Waals surface area (Å²) in [6.07, 6.45) is 10.1. The predicted molar refractivity (Wildman–Crippen MR) is 307 cm³/mol. The van der Waals surface area contributed by atoms with Gasteiger partial charge in [-0.15, -0.1) is 0 Å². The number of pyridine rings is 2. The van der Waals surface area contributed by atoms with E-state index in [-0.39, 0.29) is 44.2 Å². The van der Waals surface area contributed by atoms with Crippen LogP contribution in [0, 0.1) is 11.6 Å². The van der Waals surface area contributed by atoms with Gasteiger partial charge in [-0.2, -0.15) is 16.8 Å². The lowest BCUT2D eigenvalue weighted by atomic mass is 10.1. The van der Waals surface area contributed by atoms with E-state index in [0.717, 1.165) is 11.6 Å². The molecule has 6 heterocycles. The molecule has 0 saturated heterocycles. The standard InChI is InChI=1S/2C22H19ClFN5O2.2C6H6O3S/c2*1-28-9-2-3-20(28)27-22-25-8-6-18(26-22)14-7-10-29(21(31)12-14)19(13-30)15-4-5-16(23)17(24)11-15;2*7-10(8,9)6-4-2-1-3-5-6/h2*2-12,19,30H,13H2,1H3,(H,25,26,27);2*1-5H,(H,7,8,9)/t2*19-;;/m11../s1. The SMILES string of the molecule is Cn1cccc1Nc1nccc(-c2ccn([C@H](CO)c3ccc(Cl)c(F)c3)c(=O)c2)n1.Cn1cccc1Nc1nccc(-c2ccn([C@H](CO)c3ccc(Cl)c(F)c3)c(=O)c2)n1.O=S(=O)(O)c1ccccc1.O=S(=O)(O)c1ccccc1. The topological polar surface area (TPSA) is 279 Å². The first kappa shape index (κ1) is 60.9. The van der Waals surface area contributed by atoms with Gasteiger partial charge in [0.2, 0.25) is 11.9 Å². The monoisotopic (exact) mass is 1190 g/mol. The highest BCUT2D eigenvalue weighted by Crippen LogP contribution is 2.26. The molecule has 424 valence electrons. The lowest BCUT2D eigenvalue weighted by Gasteiger charge is -2.18.